The summed E-state index contributed by atoms with van der Waals surface area (Å²) in [6.07, 6.45) is 5.32. The van der Waals surface area contributed by atoms with Gasteiger partial charge in [0.15, 0.2) is 0 Å². The van der Waals surface area contributed by atoms with Gasteiger partial charge in [-0.25, -0.2) is 0 Å². The summed E-state index contributed by atoms with van der Waals surface area (Å²) in [4.78, 5) is 14.0. The molecule has 2 aliphatic heterocycles. The Hall–Kier alpha value is -2.03. The van der Waals surface area contributed by atoms with E-state index in [-0.39, 0.29) is 12.5 Å². The standard InChI is InChI=1S/C14H13NO4/c1-3-6-15-12-5-4-10(17-2)9-11(12)14(13(15)16)18-7-8-19-14/h1,4-5,9H,6-8H2,2H3. The van der Waals surface area contributed by atoms with E-state index in [1.54, 1.807) is 25.3 Å². The maximum atomic E-state index is 12.5. The highest BCUT2D eigenvalue weighted by molar-refractivity contribution is 6.06. The molecule has 3 rings (SSSR count). The van der Waals surface area contributed by atoms with Gasteiger partial charge < -0.3 is 14.2 Å². The van der Waals surface area contributed by atoms with E-state index in [2.05, 4.69) is 5.92 Å². The van der Waals surface area contributed by atoms with Crippen LogP contribution in [0, 0.1) is 12.3 Å². The van der Waals surface area contributed by atoms with Crippen molar-refractivity contribution in [2.75, 3.05) is 31.8 Å². The van der Waals surface area contributed by atoms with Gasteiger partial charge in [-0.15, -0.1) is 6.42 Å². The molecule has 0 radical (unpaired) electrons. The zero-order valence-corrected chi connectivity index (χ0v) is 10.5. The summed E-state index contributed by atoms with van der Waals surface area (Å²) >= 11 is 0. The van der Waals surface area contributed by atoms with Crippen molar-refractivity contribution in [2.24, 2.45) is 0 Å². The van der Waals surface area contributed by atoms with E-state index >= 15 is 0 Å². The second kappa shape index (κ2) is 4.26. The van der Waals surface area contributed by atoms with Crippen molar-refractivity contribution in [1.29, 1.82) is 0 Å². The third-order valence-corrected chi connectivity index (χ3v) is 3.32. The van der Waals surface area contributed by atoms with Crippen LogP contribution in [0.25, 0.3) is 0 Å². The van der Waals surface area contributed by atoms with Crippen LogP contribution in [-0.2, 0) is 20.1 Å². The Morgan fingerprint density at radius 2 is 2.21 bits per heavy atom. The molecule has 0 bridgehead atoms. The normalized spacial score (nSPS) is 19.6. The zero-order valence-electron chi connectivity index (χ0n) is 10.5. The van der Waals surface area contributed by atoms with E-state index in [1.807, 2.05) is 0 Å². The summed E-state index contributed by atoms with van der Waals surface area (Å²) in [5.74, 6) is 1.51. The van der Waals surface area contributed by atoms with Gasteiger partial charge in [0.1, 0.15) is 5.75 Å². The number of benzene rings is 1. The van der Waals surface area contributed by atoms with Crippen LogP contribution in [0.3, 0.4) is 0 Å². The third kappa shape index (κ3) is 1.54. The van der Waals surface area contributed by atoms with E-state index in [1.165, 1.54) is 4.90 Å². The summed E-state index contributed by atoms with van der Waals surface area (Å²) in [6, 6.07) is 5.34. The Bertz CT molecular complexity index is 569. The molecule has 1 amide bonds. The number of amides is 1. The minimum Gasteiger partial charge on any atom is -0.497 e. The molecule has 5 nitrogen and oxygen atoms in total. The number of fused-ring (bicyclic) bond motifs is 2. The van der Waals surface area contributed by atoms with Crippen LogP contribution < -0.4 is 9.64 Å². The number of rotatable bonds is 2. The molecule has 1 fully saturated rings. The molecular weight excluding hydrogens is 246 g/mol. The van der Waals surface area contributed by atoms with Crippen LogP contribution in [0.4, 0.5) is 5.69 Å². The maximum absolute atomic E-state index is 12.5. The minimum atomic E-state index is -1.35. The molecule has 2 aliphatic rings. The largest absolute Gasteiger partial charge is 0.497 e. The van der Waals surface area contributed by atoms with Gasteiger partial charge in [-0.05, 0) is 18.2 Å². The Labute approximate surface area is 111 Å². The Kier molecular flexibility index (Phi) is 2.70. The average Bonchev–Trinajstić information content (AvgIpc) is 3.01. The number of nitrogens with zero attached hydrogens (tertiary/aromatic N) is 1. The maximum Gasteiger partial charge on any atom is 0.293 e. The fourth-order valence-electron chi connectivity index (χ4n) is 2.48. The lowest BCUT2D eigenvalue weighted by atomic mass is 10.1. The first-order chi connectivity index (χ1) is 9.23. The van der Waals surface area contributed by atoms with Crippen molar-refractivity contribution in [3.8, 4) is 18.1 Å². The number of ether oxygens (including phenoxy) is 3. The second-order valence-corrected chi connectivity index (χ2v) is 4.29. The summed E-state index contributed by atoms with van der Waals surface area (Å²) in [6.45, 7) is 0.950. The molecule has 1 aromatic carbocycles. The van der Waals surface area contributed by atoms with E-state index in [0.717, 1.165) is 0 Å². The lowest BCUT2D eigenvalue weighted by Gasteiger charge is -2.21. The van der Waals surface area contributed by atoms with Crippen LogP contribution in [0.15, 0.2) is 18.2 Å². The van der Waals surface area contributed by atoms with Gasteiger partial charge >= 0.3 is 0 Å². The van der Waals surface area contributed by atoms with Gasteiger partial charge in [0, 0.05) is 5.56 Å². The fraction of sp³-hybridized carbons (Fsp3) is 0.357. The molecule has 2 heterocycles. The van der Waals surface area contributed by atoms with Gasteiger partial charge in [0.05, 0.1) is 32.6 Å². The predicted octanol–water partition coefficient (Wildman–Crippen LogP) is 0.875. The molecule has 0 atom stereocenters. The molecule has 98 valence electrons. The van der Waals surface area contributed by atoms with Crippen LogP contribution in [0.5, 0.6) is 5.75 Å². The molecule has 19 heavy (non-hydrogen) atoms. The van der Waals surface area contributed by atoms with Crippen LogP contribution >= 0.6 is 0 Å². The molecule has 1 spiro atoms. The number of carbonyl (C=O) groups is 1. The van der Waals surface area contributed by atoms with Gasteiger partial charge in [-0.1, -0.05) is 5.92 Å². The molecule has 0 unspecified atom stereocenters. The van der Waals surface area contributed by atoms with Crippen molar-refractivity contribution < 1.29 is 19.0 Å². The summed E-state index contributed by atoms with van der Waals surface area (Å²) < 4.78 is 16.3. The topological polar surface area (TPSA) is 48.0 Å². The van der Waals surface area contributed by atoms with E-state index in [0.29, 0.717) is 30.2 Å². The number of hydrogen-bond acceptors (Lipinski definition) is 4. The lowest BCUT2D eigenvalue weighted by molar-refractivity contribution is -0.180. The first kappa shape index (κ1) is 12.0. The van der Waals surface area contributed by atoms with Crippen molar-refractivity contribution in [3.63, 3.8) is 0 Å². The molecule has 1 saturated heterocycles. The fourth-order valence-corrected chi connectivity index (χ4v) is 2.48. The van der Waals surface area contributed by atoms with Crippen LogP contribution in [0.2, 0.25) is 0 Å². The van der Waals surface area contributed by atoms with Gasteiger partial charge in [-0.2, -0.15) is 0 Å². The van der Waals surface area contributed by atoms with Crippen molar-refractivity contribution in [1.82, 2.24) is 0 Å². The smallest absolute Gasteiger partial charge is 0.293 e. The lowest BCUT2D eigenvalue weighted by Crippen LogP contribution is -2.41. The zero-order chi connectivity index (χ0) is 13.5. The van der Waals surface area contributed by atoms with Crippen molar-refractivity contribution >= 4 is 11.6 Å². The quantitative estimate of drug-likeness (QED) is 0.740. The first-order valence-corrected chi connectivity index (χ1v) is 5.95. The molecule has 0 N–H and O–H groups in total. The molecule has 0 aromatic heterocycles. The minimum absolute atomic E-state index is 0.187. The molecular formula is C14H13NO4. The molecule has 0 aliphatic carbocycles. The highest BCUT2D eigenvalue weighted by Gasteiger charge is 2.56. The van der Waals surface area contributed by atoms with Gasteiger partial charge in [-0.3, -0.25) is 9.69 Å². The highest BCUT2D eigenvalue weighted by atomic mass is 16.7. The molecule has 1 aromatic rings. The summed E-state index contributed by atoms with van der Waals surface area (Å²) in [5.41, 5.74) is 1.37. The SMILES string of the molecule is C#CCN1C(=O)C2(OCCO2)c2cc(OC)ccc21. The van der Waals surface area contributed by atoms with E-state index < -0.39 is 5.79 Å². The number of carbonyl (C=O) groups excluding carboxylic acids is 1. The molecule has 5 heteroatoms. The second-order valence-electron chi connectivity index (χ2n) is 4.29. The highest BCUT2D eigenvalue weighted by Crippen LogP contribution is 2.46. The predicted molar refractivity (Wildman–Crippen MR) is 67.8 cm³/mol. The first-order valence-electron chi connectivity index (χ1n) is 5.95. The Morgan fingerprint density at radius 3 is 2.84 bits per heavy atom. The van der Waals surface area contributed by atoms with Gasteiger partial charge in [0.2, 0.25) is 0 Å². The Morgan fingerprint density at radius 1 is 1.47 bits per heavy atom. The Balaban J connectivity index is 2.16. The van der Waals surface area contributed by atoms with Gasteiger partial charge in [0.25, 0.3) is 11.7 Å². The third-order valence-electron chi connectivity index (χ3n) is 3.32. The van der Waals surface area contributed by atoms with Crippen molar-refractivity contribution in [3.05, 3.63) is 23.8 Å². The number of hydrogen-bond donors (Lipinski definition) is 0. The monoisotopic (exact) mass is 259 g/mol. The van der Waals surface area contributed by atoms with E-state index in [9.17, 15) is 4.79 Å². The average molecular weight is 259 g/mol. The summed E-state index contributed by atoms with van der Waals surface area (Å²) in [7, 11) is 1.57. The number of methoxy groups -OCH3 is 1. The van der Waals surface area contributed by atoms with Crippen LogP contribution in [-0.4, -0.2) is 32.8 Å². The number of terminal acetylenes is 1. The number of anilines is 1. The van der Waals surface area contributed by atoms with Crippen molar-refractivity contribution in [2.45, 2.75) is 5.79 Å². The van der Waals surface area contributed by atoms with Crippen LogP contribution in [0.1, 0.15) is 5.56 Å². The molecule has 0 saturated carbocycles. The van der Waals surface area contributed by atoms with E-state index in [4.69, 9.17) is 20.6 Å². The summed E-state index contributed by atoms with van der Waals surface area (Å²) in [5, 5.41) is 0.